The predicted molar refractivity (Wildman–Crippen MR) is 86.0 cm³/mol. The van der Waals surface area contributed by atoms with Crippen LogP contribution in [-0.2, 0) is 0 Å². The molecule has 0 aromatic heterocycles. The molecule has 0 N–H and O–H groups in total. The predicted octanol–water partition coefficient (Wildman–Crippen LogP) is 4.81. The second-order valence-corrected chi connectivity index (χ2v) is 5.34. The average Bonchev–Trinajstić information content (AvgIpc) is 2.51. The minimum Gasteiger partial charge on any atom is -0.312 e. The van der Waals surface area contributed by atoms with Crippen LogP contribution in [0.1, 0.15) is 12.5 Å². The highest BCUT2D eigenvalue weighted by atomic mass is 35.5. The quantitative estimate of drug-likeness (QED) is 0.573. The maximum atomic E-state index is 14.2. The molecule has 0 spiro atoms. The molecule has 1 aliphatic heterocycles. The summed E-state index contributed by atoms with van der Waals surface area (Å²) in [6.45, 7) is 1.79. The van der Waals surface area contributed by atoms with Gasteiger partial charge in [0.05, 0.1) is 11.4 Å². The number of anilines is 1. The number of rotatable bonds is 2. The third kappa shape index (κ3) is 2.50. The van der Waals surface area contributed by atoms with Crippen molar-refractivity contribution >= 4 is 29.2 Å². The zero-order valence-corrected chi connectivity index (χ0v) is 12.6. The smallest absolute Gasteiger partial charge is 0.149 e. The van der Waals surface area contributed by atoms with E-state index in [0.717, 1.165) is 5.56 Å². The van der Waals surface area contributed by atoms with Crippen LogP contribution in [-0.4, -0.2) is 11.7 Å². The normalized spacial score (nSPS) is 18.0. The van der Waals surface area contributed by atoms with E-state index in [2.05, 4.69) is 4.99 Å². The largest absolute Gasteiger partial charge is 0.312 e. The van der Waals surface area contributed by atoms with Crippen molar-refractivity contribution in [2.45, 2.75) is 12.4 Å². The molecule has 0 aliphatic carbocycles. The van der Waals surface area contributed by atoms with Crippen LogP contribution in [0.3, 0.4) is 0 Å². The Morgan fingerprint density at radius 3 is 2.27 bits per heavy atom. The van der Waals surface area contributed by atoms with Crippen LogP contribution in [0.2, 0.25) is 0 Å². The lowest BCUT2D eigenvalue weighted by atomic mass is 10.1. The second kappa shape index (κ2) is 5.89. The fourth-order valence-electron chi connectivity index (χ4n) is 2.50. The van der Waals surface area contributed by atoms with Gasteiger partial charge in [-0.3, -0.25) is 4.99 Å². The molecule has 3 rings (SSSR count). The van der Waals surface area contributed by atoms with Gasteiger partial charge in [0.1, 0.15) is 22.8 Å². The van der Waals surface area contributed by atoms with E-state index >= 15 is 0 Å². The molecule has 1 aliphatic rings. The van der Waals surface area contributed by atoms with Gasteiger partial charge < -0.3 is 4.90 Å². The van der Waals surface area contributed by atoms with Crippen molar-refractivity contribution in [1.29, 1.82) is 0 Å². The number of aliphatic imine (C=N–C) groups is 1. The van der Waals surface area contributed by atoms with Crippen molar-refractivity contribution in [3.05, 3.63) is 71.4 Å². The molecule has 1 unspecified atom stereocenters. The van der Waals surface area contributed by atoms with E-state index in [1.54, 1.807) is 6.92 Å². The first-order valence-electron chi connectivity index (χ1n) is 6.77. The van der Waals surface area contributed by atoms with Gasteiger partial charge in [0.2, 0.25) is 0 Å². The number of halogens is 3. The van der Waals surface area contributed by atoms with E-state index in [0.29, 0.717) is 11.4 Å². The van der Waals surface area contributed by atoms with E-state index in [-0.39, 0.29) is 5.69 Å². The number of hydrogen-bond acceptors (Lipinski definition) is 2. The van der Waals surface area contributed by atoms with Crippen molar-refractivity contribution in [1.82, 2.24) is 0 Å². The molecule has 0 fully saturated rings. The monoisotopic (exact) mass is 318 g/mol. The van der Waals surface area contributed by atoms with Crippen molar-refractivity contribution in [2.75, 3.05) is 4.90 Å². The molecule has 2 nitrogen and oxygen atoms in total. The molecule has 22 heavy (non-hydrogen) atoms. The summed E-state index contributed by atoms with van der Waals surface area (Å²) in [5.74, 6) is -1.33. The van der Waals surface area contributed by atoms with E-state index in [1.807, 2.05) is 30.3 Å². The van der Waals surface area contributed by atoms with Gasteiger partial charge in [-0.2, -0.15) is 0 Å². The molecule has 0 bridgehead atoms. The van der Waals surface area contributed by atoms with E-state index in [1.165, 1.54) is 29.3 Å². The first-order chi connectivity index (χ1) is 10.6. The Hall–Kier alpha value is -2.20. The third-order valence-electron chi connectivity index (χ3n) is 3.45. The van der Waals surface area contributed by atoms with E-state index in [9.17, 15) is 8.78 Å². The molecular formula is C17H13ClF2N2. The summed E-state index contributed by atoms with van der Waals surface area (Å²) < 4.78 is 28.4. The van der Waals surface area contributed by atoms with Gasteiger partial charge in [0, 0.05) is 11.8 Å². The van der Waals surface area contributed by atoms with E-state index < -0.39 is 17.1 Å². The molecule has 2 aromatic rings. The summed E-state index contributed by atoms with van der Waals surface area (Å²) in [6.07, 6.45) is 1.47. The maximum absolute atomic E-state index is 14.2. The molecule has 0 radical (unpaired) electrons. The molecule has 1 atom stereocenters. The summed E-state index contributed by atoms with van der Waals surface area (Å²) in [5.41, 5.74) is 1.08. The number of nitrogens with zero attached hydrogens (tertiary/aromatic N) is 2. The van der Waals surface area contributed by atoms with Crippen molar-refractivity contribution < 1.29 is 8.78 Å². The fourth-order valence-corrected chi connectivity index (χ4v) is 2.75. The van der Waals surface area contributed by atoms with E-state index in [4.69, 9.17) is 11.6 Å². The summed E-state index contributed by atoms with van der Waals surface area (Å²) in [7, 11) is 0. The highest BCUT2D eigenvalue weighted by Gasteiger charge is 2.29. The Morgan fingerprint density at radius 2 is 1.64 bits per heavy atom. The van der Waals surface area contributed by atoms with Crippen LogP contribution in [0.15, 0.2) is 59.2 Å². The van der Waals surface area contributed by atoms with Gasteiger partial charge in [-0.1, -0.05) is 48.0 Å². The molecular weight excluding hydrogens is 306 g/mol. The van der Waals surface area contributed by atoms with Crippen LogP contribution < -0.4 is 4.90 Å². The minimum atomic E-state index is -0.773. The standard InChI is InChI=1S/C17H13ClF2N2/c1-11-16(12-6-3-2-4-7-12)22(15(18)10-21-11)17-13(19)8-5-9-14(17)20/h2-10,15H,1H3. The lowest BCUT2D eigenvalue weighted by Crippen LogP contribution is -2.35. The van der Waals surface area contributed by atoms with Gasteiger partial charge in [-0.05, 0) is 19.1 Å². The third-order valence-corrected chi connectivity index (χ3v) is 3.76. The highest BCUT2D eigenvalue weighted by Crippen LogP contribution is 2.37. The Bertz CT molecular complexity index is 736. The number of para-hydroxylation sites is 1. The zero-order valence-electron chi connectivity index (χ0n) is 11.8. The van der Waals surface area contributed by atoms with Crippen molar-refractivity contribution in [2.24, 2.45) is 4.99 Å². The van der Waals surface area contributed by atoms with Gasteiger partial charge in [-0.15, -0.1) is 0 Å². The van der Waals surface area contributed by atoms with Gasteiger partial charge in [0.25, 0.3) is 0 Å². The molecule has 112 valence electrons. The lowest BCUT2D eigenvalue weighted by molar-refractivity contribution is 0.581. The molecule has 0 amide bonds. The zero-order chi connectivity index (χ0) is 15.7. The number of alkyl halides is 1. The fraction of sp³-hybridized carbons (Fsp3) is 0.118. The topological polar surface area (TPSA) is 15.6 Å². The number of benzene rings is 2. The molecule has 5 heteroatoms. The minimum absolute atomic E-state index is 0.174. The van der Waals surface area contributed by atoms with Crippen LogP contribution in [0, 0.1) is 11.6 Å². The molecule has 0 saturated carbocycles. The lowest BCUT2D eigenvalue weighted by Gasteiger charge is -2.33. The van der Waals surface area contributed by atoms with Crippen molar-refractivity contribution in [3.8, 4) is 0 Å². The summed E-state index contributed by atoms with van der Waals surface area (Å²) >= 11 is 6.28. The first-order valence-corrected chi connectivity index (χ1v) is 7.21. The van der Waals surface area contributed by atoms with Crippen LogP contribution in [0.25, 0.3) is 5.70 Å². The van der Waals surface area contributed by atoms with Gasteiger partial charge in [-0.25, -0.2) is 8.78 Å². The Kier molecular flexibility index (Phi) is 3.94. The Labute approximate surface area is 132 Å². The number of allylic oxidation sites excluding steroid dienone is 1. The van der Waals surface area contributed by atoms with Crippen molar-refractivity contribution in [3.63, 3.8) is 0 Å². The summed E-state index contributed by atoms with van der Waals surface area (Å²) in [6, 6.07) is 13.0. The van der Waals surface area contributed by atoms with Gasteiger partial charge in [0.15, 0.2) is 0 Å². The Morgan fingerprint density at radius 1 is 1.00 bits per heavy atom. The SMILES string of the molecule is CC1=C(c2ccccc2)N(c2c(F)cccc2F)C(Cl)C=N1. The highest BCUT2D eigenvalue weighted by molar-refractivity contribution is 6.31. The second-order valence-electron chi connectivity index (χ2n) is 4.89. The van der Waals surface area contributed by atoms with Crippen LogP contribution in [0.5, 0.6) is 0 Å². The average molecular weight is 319 g/mol. The Balaban J connectivity index is 2.22. The number of hydrogen-bond donors (Lipinski definition) is 0. The molecule has 0 saturated heterocycles. The first kappa shape index (κ1) is 14.7. The molecule has 1 heterocycles. The summed E-state index contributed by atoms with van der Waals surface area (Å²) in [4.78, 5) is 5.67. The summed E-state index contributed by atoms with van der Waals surface area (Å²) in [5, 5.41) is 0. The van der Waals surface area contributed by atoms with Crippen LogP contribution in [0.4, 0.5) is 14.5 Å². The van der Waals surface area contributed by atoms with Gasteiger partial charge >= 0.3 is 0 Å². The maximum Gasteiger partial charge on any atom is 0.149 e. The van der Waals surface area contributed by atoms with Crippen LogP contribution >= 0.6 is 11.6 Å². The molecule has 2 aromatic carbocycles.